The summed E-state index contributed by atoms with van der Waals surface area (Å²) in [6.45, 7) is 1.94. The lowest BCUT2D eigenvalue weighted by Gasteiger charge is -2.31. The molecule has 36 heavy (non-hydrogen) atoms. The van der Waals surface area contributed by atoms with E-state index in [1.165, 1.54) is 40.7 Å². The van der Waals surface area contributed by atoms with Crippen LogP contribution in [0.3, 0.4) is 0 Å². The quantitative estimate of drug-likeness (QED) is 0.397. The lowest BCUT2D eigenvalue weighted by Crippen LogP contribution is -2.35. The van der Waals surface area contributed by atoms with Crippen molar-refractivity contribution in [1.29, 1.82) is 0 Å². The van der Waals surface area contributed by atoms with Crippen LogP contribution in [-0.2, 0) is 21.2 Å². The monoisotopic (exact) mass is 550 g/mol. The van der Waals surface area contributed by atoms with Crippen molar-refractivity contribution >= 4 is 56.5 Å². The molecular formula is C25H21Cl2FN2O5S. The van der Waals surface area contributed by atoms with Crippen LogP contribution in [0.4, 0.5) is 15.8 Å². The third-order valence-electron chi connectivity index (χ3n) is 5.62. The molecule has 3 aromatic carbocycles. The molecule has 0 fully saturated rings. The Kier molecular flexibility index (Phi) is 7.54. The fourth-order valence-corrected chi connectivity index (χ4v) is 5.79. The molecule has 1 amide bonds. The van der Waals surface area contributed by atoms with Gasteiger partial charge in [0, 0.05) is 17.8 Å². The zero-order valence-corrected chi connectivity index (χ0v) is 21.4. The van der Waals surface area contributed by atoms with Gasteiger partial charge in [-0.05, 0) is 73.9 Å². The van der Waals surface area contributed by atoms with E-state index < -0.39 is 27.7 Å². The number of hydrogen-bond donors (Lipinski definition) is 1. The molecule has 0 bridgehead atoms. The summed E-state index contributed by atoms with van der Waals surface area (Å²) in [4.78, 5) is 24.7. The van der Waals surface area contributed by atoms with Gasteiger partial charge < -0.3 is 10.1 Å². The summed E-state index contributed by atoms with van der Waals surface area (Å²) in [5, 5.41) is 2.92. The van der Waals surface area contributed by atoms with Crippen molar-refractivity contribution in [2.24, 2.45) is 0 Å². The van der Waals surface area contributed by atoms with Gasteiger partial charge in [-0.1, -0.05) is 29.3 Å². The predicted octanol–water partition coefficient (Wildman–Crippen LogP) is 5.70. The van der Waals surface area contributed by atoms with E-state index in [-0.39, 0.29) is 44.9 Å². The Hall–Kier alpha value is -3.14. The Balaban J connectivity index is 1.61. The van der Waals surface area contributed by atoms with E-state index >= 15 is 0 Å². The number of esters is 1. The highest BCUT2D eigenvalue weighted by Crippen LogP contribution is 2.34. The van der Waals surface area contributed by atoms with E-state index in [2.05, 4.69) is 5.32 Å². The van der Waals surface area contributed by atoms with Crippen LogP contribution >= 0.6 is 23.2 Å². The van der Waals surface area contributed by atoms with Crippen LogP contribution in [0.2, 0.25) is 10.0 Å². The van der Waals surface area contributed by atoms with Gasteiger partial charge in [0.05, 0.1) is 32.8 Å². The molecule has 1 aliphatic rings. The predicted molar refractivity (Wildman–Crippen MR) is 136 cm³/mol. The number of fused-ring (bicyclic) bond motifs is 1. The molecule has 0 spiro atoms. The van der Waals surface area contributed by atoms with E-state index in [0.717, 1.165) is 11.6 Å². The fourth-order valence-electron chi connectivity index (χ4n) is 3.87. The van der Waals surface area contributed by atoms with Gasteiger partial charge in [0.2, 0.25) is 0 Å². The van der Waals surface area contributed by atoms with Crippen LogP contribution in [-0.4, -0.2) is 33.4 Å². The molecule has 11 heteroatoms. The van der Waals surface area contributed by atoms with E-state index in [0.29, 0.717) is 18.5 Å². The topological polar surface area (TPSA) is 92.8 Å². The summed E-state index contributed by atoms with van der Waals surface area (Å²) in [5.74, 6) is -2.21. The summed E-state index contributed by atoms with van der Waals surface area (Å²) in [6, 6.07) is 12.5. The zero-order valence-electron chi connectivity index (χ0n) is 19.1. The van der Waals surface area contributed by atoms with Gasteiger partial charge in [0.25, 0.3) is 15.9 Å². The molecule has 7 nitrogen and oxygen atoms in total. The van der Waals surface area contributed by atoms with Crippen molar-refractivity contribution in [1.82, 2.24) is 0 Å². The minimum Gasteiger partial charge on any atom is -0.462 e. The van der Waals surface area contributed by atoms with Crippen LogP contribution in [0.1, 0.15) is 39.6 Å². The molecule has 3 aromatic rings. The minimum absolute atomic E-state index is 0.0169. The fraction of sp³-hybridized carbons (Fsp3) is 0.200. The molecular weight excluding hydrogens is 530 g/mol. The highest BCUT2D eigenvalue weighted by atomic mass is 35.5. The number of ether oxygens (including phenoxy) is 1. The van der Waals surface area contributed by atoms with Crippen molar-refractivity contribution in [2.75, 3.05) is 22.8 Å². The standard InChI is InChI=1S/C25H21Cl2FN2O5S/c1-2-35-25(32)19-9-7-17(13-22(19)28)29-24(31)16-6-5-15-4-3-11-30(23(15)12-16)36(33,34)18-8-10-20(26)21(27)14-18/h5-10,12-14H,2-4,11H2,1H3,(H,29,31). The largest absolute Gasteiger partial charge is 0.462 e. The first-order valence-corrected chi connectivity index (χ1v) is 13.2. The van der Waals surface area contributed by atoms with Crippen molar-refractivity contribution < 1.29 is 27.1 Å². The molecule has 0 unspecified atom stereocenters. The van der Waals surface area contributed by atoms with E-state index in [1.54, 1.807) is 19.1 Å². The SMILES string of the molecule is CCOC(=O)c1ccc(NC(=O)c2ccc3c(c2)N(S(=O)(=O)c2ccc(Cl)c(Cl)c2)CCC3)cc1F. The number of nitrogens with zero attached hydrogens (tertiary/aromatic N) is 1. The molecule has 0 saturated carbocycles. The second-order valence-corrected chi connectivity index (χ2v) is 10.6. The van der Waals surface area contributed by atoms with E-state index in [4.69, 9.17) is 27.9 Å². The Bertz CT molecular complexity index is 1460. The lowest BCUT2D eigenvalue weighted by atomic mass is 10.0. The minimum atomic E-state index is -3.97. The maximum Gasteiger partial charge on any atom is 0.341 e. The third-order valence-corrected chi connectivity index (χ3v) is 8.17. The molecule has 1 aliphatic heterocycles. The summed E-state index contributed by atoms with van der Waals surface area (Å²) < 4.78 is 47.2. The van der Waals surface area contributed by atoms with Crippen molar-refractivity contribution in [3.05, 3.63) is 87.2 Å². The normalized spacial score (nSPS) is 13.2. The second-order valence-electron chi connectivity index (χ2n) is 7.97. The third kappa shape index (κ3) is 5.18. The molecule has 0 radical (unpaired) electrons. The Morgan fingerprint density at radius 1 is 1.06 bits per heavy atom. The number of halogens is 3. The van der Waals surface area contributed by atoms with Gasteiger partial charge >= 0.3 is 5.97 Å². The highest BCUT2D eigenvalue weighted by Gasteiger charge is 2.30. The highest BCUT2D eigenvalue weighted by molar-refractivity contribution is 7.92. The van der Waals surface area contributed by atoms with Crippen molar-refractivity contribution in [2.45, 2.75) is 24.7 Å². The van der Waals surface area contributed by atoms with Crippen LogP contribution in [0.5, 0.6) is 0 Å². The number of carbonyl (C=O) groups is 2. The second kappa shape index (κ2) is 10.5. The smallest absolute Gasteiger partial charge is 0.341 e. The summed E-state index contributed by atoms with van der Waals surface area (Å²) in [5.41, 5.74) is 1.21. The molecule has 1 heterocycles. The summed E-state index contributed by atoms with van der Waals surface area (Å²) in [7, 11) is -3.97. The van der Waals surface area contributed by atoms with E-state index in [1.807, 2.05) is 0 Å². The number of carbonyl (C=O) groups excluding carboxylic acids is 2. The lowest BCUT2D eigenvalue weighted by molar-refractivity contribution is 0.0521. The van der Waals surface area contributed by atoms with Crippen LogP contribution in [0.25, 0.3) is 0 Å². The number of nitrogens with one attached hydrogen (secondary N) is 1. The average Bonchev–Trinajstić information content (AvgIpc) is 2.85. The first kappa shape index (κ1) is 25.9. The summed E-state index contributed by atoms with van der Waals surface area (Å²) >= 11 is 12.0. The Morgan fingerprint density at radius 2 is 1.83 bits per heavy atom. The van der Waals surface area contributed by atoms with Gasteiger partial charge in [-0.15, -0.1) is 0 Å². The Morgan fingerprint density at radius 3 is 2.53 bits per heavy atom. The van der Waals surface area contributed by atoms with Gasteiger partial charge in [0.15, 0.2) is 0 Å². The number of anilines is 2. The number of benzene rings is 3. The molecule has 0 aliphatic carbocycles. The van der Waals surface area contributed by atoms with Gasteiger partial charge in [0.1, 0.15) is 5.82 Å². The number of sulfonamides is 1. The molecule has 4 rings (SSSR count). The molecule has 0 atom stereocenters. The maximum absolute atomic E-state index is 14.4. The molecule has 1 N–H and O–H groups in total. The van der Waals surface area contributed by atoms with Crippen LogP contribution in [0.15, 0.2) is 59.5 Å². The number of rotatable bonds is 6. The van der Waals surface area contributed by atoms with Crippen molar-refractivity contribution in [3.63, 3.8) is 0 Å². The van der Waals surface area contributed by atoms with Gasteiger partial charge in [-0.2, -0.15) is 0 Å². The first-order chi connectivity index (χ1) is 17.1. The molecule has 0 saturated heterocycles. The van der Waals surface area contributed by atoms with Gasteiger partial charge in [-0.25, -0.2) is 17.6 Å². The zero-order chi connectivity index (χ0) is 26.0. The number of aryl methyl sites for hydroxylation is 1. The summed E-state index contributed by atoms with van der Waals surface area (Å²) in [6.07, 6.45) is 1.25. The van der Waals surface area contributed by atoms with Crippen LogP contribution < -0.4 is 9.62 Å². The maximum atomic E-state index is 14.4. The first-order valence-electron chi connectivity index (χ1n) is 11.0. The number of amides is 1. The Labute approximate surface area is 217 Å². The van der Waals surface area contributed by atoms with Crippen LogP contribution in [0, 0.1) is 5.82 Å². The molecule has 0 aromatic heterocycles. The average molecular weight is 551 g/mol. The van der Waals surface area contributed by atoms with E-state index in [9.17, 15) is 22.4 Å². The van der Waals surface area contributed by atoms with Crippen molar-refractivity contribution in [3.8, 4) is 0 Å². The molecule has 188 valence electrons. The number of hydrogen-bond acceptors (Lipinski definition) is 5. The van der Waals surface area contributed by atoms with Gasteiger partial charge in [-0.3, -0.25) is 9.10 Å².